The van der Waals surface area contributed by atoms with Crippen molar-refractivity contribution in [2.45, 2.75) is 0 Å². The Morgan fingerprint density at radius 3 is 2.90 bits per heavy atom. The van der Waals surface area contributed by atoms with E-state index in [2.05, 4.69) is 11.6 Å². The predicted octanol–water partition coefficient (Wildman–Crippen LogP) is 2.57. The van der Waals surface area contributed by atoms with Gasteiger partial charge in [0.05, 0.1) is 12.1 Å². The summed E-state index contributed by atoms with van der Waals surface area (Å²) in [6, 6.07) is 9.11. The Morgan fingerprint density at radius 1 is 1.48 bits per heavy atom. The topological polar surface area (TPSA) is 62.7 Å². The third-order valence-electron chi connectivity index (χ3n) is 3.17. The van der Waals surface area contributed by atoms with Crippen LogP contribution in [0, 0.1) is 0 Å². The summed E-state index contributed by atoms with van der Waals surface area (Å²) in [4.78, 5) is 17.5. The number of para-hydroxylation sites is 1. The number of carboxylic acids is 1. The maximum atomic E-state index is 11.3. The van der Waals surface area contributed by atoms with Crippen molar-refractivity contribution in [3.63, 3.8) is 0 Å². The summed E-state index contributed by atoms with van der Waals surface area (Å²) < 4.78 is 5.12. The quantitative estimate of drug-likeness (QED) is 0.793. The Kier molecular flexibility index (Phi) is 4.90. The lowest BCUT2D eigenvalue weighted by Crippen LogP contribution is -2.28. The monoisotopic (exact) mass is 286 g/mol. The lowest BCUT2D eigenvalue weighted by molar-refractivity contribution is 0.0691. The first-order chi connectivity index (χ1) is 10.2. The van der Waals surface area contributed by atoms with E-state index in [4.69, 9.17) is 4.74 Å². The number of anilines is 1. The van der Waals surface area contributed by atoms with Crippen LogP contribution in [0.2, 0.25) is 0 Å². The van der Waals surface area contributed by atoms with Crippen molar-refractivity contribution in [3.05, 3.63) is 48.7 Å². The molecule has 5 heteroatoms. The van der Waals surface area contributed by atoms with Gasteiger partial charge in [0.1, 0.15) is 0 Å². The van der Waals surface area contributed by atoms with Gasteiger partial charge in [0.25, 0.3) is 0 Å². The van der Waals surface area contributed by atoms with E-state index in [0.717, 1.165) is 11.1 Å². The second kappa shape index (κ2) is 6.85. The van der Waals surface area contributed by atoms with Crippen molar-refractivity contribution in [1.82, 2.24) is 4.98 Å². The number of nitrogens with zero attached hydrogens (tertiary/aromatic N) is 2. The number of hydrogen-bond acceptors (Lipinski definition) is 4. The third-order valence-corrected chi connectivity index (χ3v) is 3.17. The molecule has 0 saturated heterocycles. The van der Waals surface area contributed by atoms with Crippen molar-refractivity contribution >= 4 is 22.6 Å². The summed E-state index contributed by atoms with van der Waals surface area (Å²) in [6.45, 7) is 5.56. The number of carboxylic acid groups (broad SMARTS) is 1. The molecule has 1 aromatic heterocycles. The van der Waals surface area contributed by atoms with Crippen LogP contribution in [-0.4, -0.2) is 42.9 Å². The van der Waals surface area contributed by atoms with E-state index in [1.165, 1.54) is 0 Å². The molecule has 0 unspecified atom stereocenters. The van der Waals surface area contributed by atoms with E-state index in [1.807, 2.05) is 29.2 Å². The Balaban J connectivity index is 2.57. The molecule has 21 heavy (non-hydrogen) atoms. The maximum absolute atomic E-state index is 11.3. The van der Waals surface area contributed by atoms with E-state index >= 15 is 0 Å². The molecule has 0 aliphatic heterocycles. The van der Waals surface area contributed by atoms with Crippen LogP contribution in [0.25, 0.3) is 10.9 Å². The number of carbonyl (C=O) groups is 1. The number of rotatable bonds is 7. The van der Waals surface area contributed by atoms with Crippen molar-refractivity contribution in [3.8, 4) is 0 Å². The van der Waals surface area contributed by atoms with Gasteiger partial charge < -0.3 is 14.7 Å². The fraction of sp³-hybridized carbons (Fsp3) is 0.250. The molecule has 0 radical (unpaired) electrons. The average Bonchev–Trinajstić information content (AvgIpc) is 2.50. The molecule has 0 bridgehead atoms. The molecule has 0 saturated carbocycles. The number of aromatic nitrogens is 1. The van der Waals surface area contributed by atoms with E-state index in [0.29, 0.717) is 25.2 Å². The van der Waals surface area contributed by atoms with Gasteiger partial charge in [-0.15, -0.1) is 6.58 Å². The molecular formula is C16H18N2O3. The third kappa shape index (κ3) is 3.38. The molecule has 0 atom stereocenters. The molecule has 0 fully saturated rings. The maximum Gasteiger partial charge on any atom is 0.354 e. The minimum atomic E-state index is -1.03. The predicted molar refractivity (Wildman–Crippen MR) is 83.0 cm³/mol. The molecule has 1 heterocycles. The van der Waals surface area contributed by atoms with Gasteiger partial charge in [-0.1, -0.05) is 24.3 Å². The lowest BCUT2D eigenvalue weighted by atomic mass is 10.1. The highest BCUT2D eigenvalue weighted by molar-refractivity contribution is 5.97. The van der Waals surface area contributed by atoms with Crippen molar-refractivity contribution in [2.24, 2.45) is 0 Å². The molecule has 2 rings (SSSR count). The zero-order chi connectivity index (χ0) is 15.2. The summed E-state index contributed by atoms with van der Waals surface area (Å²) in [6.07, 6.45) is 1.78. The molecule has 0 aliphatic carbocycles. The van der Waals surface area contributed by atoms with Crippen LogP contribution in [0.15, 0.2) is 43.0 Å². The minimum Gasteiger partial charge on any atom is -0.477 e. The second-order valence-electron chi connectivity index (χ2n) is 4.58. The van der Waals surface area contributed by atoms with Crippen LogP contribution in [-0.2, 0) is 4.74 Å². The van der Waals surface area contributed by atoms with Gasteiger partial charge in [-0.25, -0.2) is 9.78 Å². The van der Waals surface area contributed by atoms with Crippen molar-refractivity contribution < 1.29 is 14.6 Å². The Bertz CT molecular complexity index is 655. The highest BCUT2D eigenvalue weighted by atomic mass is 16.5. The Morgan fingerprint density at radius 2 is 2.24 bits per heavy atom. The summed E-state index contributed by atoms with van der Waals surface area (Å²) in [5.74, 6) is -1.03. The molecule has 1 aromatic carbocycles. The van der Waals surface area contributed by atoms with Crippen LogP contribution in [0.4, 0.5) is 5.69 Å². The number of methoxy groups -OCH3 is 1. The van der Waals surface area contributed by atoms with Crippen molar-refractivity contribution in [1.29, 1.82) is 0 Å². The summed E-state index contributed by atoms with van der Waals surface area (Å²) >= 11 is 0. The first-order valence-corrected chi connectivity index (χ1v) is 6.65. The standard InChI is InChI=1S/C16H18N2O3/c1-3-8-18(9-10-21-2)15-11-14(16(19)20)17-13-7-5-4-6-12(13)15/h3-7,11H,1,8-10H2,2H3,(H,19,20). The fourth-order valence-electron chi connectivity index (χ4n) is 2.20. The van der Waals surface area contributed by atoms with E-state index in [1.54, 1.807) is 19.3 Å². The molecule has 1 N–H and O–H groups in total. The minimum absolute atomic E-state index is 0.0372. The molecule has 2 aromatic rings. The first-order valence-electron chi connectivity index (χ1n) is 6.65. The number of fused-ring (bicyclic) bond motifs is 1. The van der Waals surface area contributed by atoms with E-state index < -0.39 is 5.97 Å². The zero-order valence-electron chi connectivity index (χ0n) is 12.0. The van der Waals surface area contributed by atoms with Gasteiger partial charge in [-0.2, -0.15) is 0 Å². The molecule has 0 amide bonds. The van der Waals surface area contributed by atoms with Crippen LogP contribution >= 0.6 is 0 Å². The molecule has 5 nitrogen and oxygen atoms in total. The van der Waals surface area contributed by atoms with Gasteiger partial charge in [0, 0.05) is 31.3 Å². The SMILES string of the molecule is C=CCN(CCOC)c1cc(C(=O)O)nc2ccccc12. The molecular weight excluding hydrogens is 268 g/mol. The highest BCUT2D eigenvalue weighted by Gasteiger charge is 2.14. The largest absolute Gasteiger partial charge is 0.477 e. The van der Waals surface area contributed by atoms with Gasteiger partial charge in [-0.05, 0) is 12.1 Å². The second-order valence-corrected chi connectivity index (χ2v) is 4.58. The van der Waals surface area contributed by atoms with Crippen LogP contribution in [0.5, 0.6) is 0 Å². The van der Waals surface area contributed by atoms with Gasteiger partial charge in [0.2, 0.25) is 0 Å². The van der Waals surface area contributed by atoms with Crippen LogP contribution < -0.4 is 4.90 Å². The Labute approximate surface area is 123 Å². The smallest absolute Gasteiger partial charge is 0.354 e. The number of hydrogen-bond donors (Lipinski definition) is 1. The summed E-state index contributed by atoms with van der Waals surface area (Å²) in [5.41, 5.74) is 1.53. The number of aromatic carboxylic acids is 1. The average molecular weight is 286 g/mol. The summed E-state index contributed by atoms with van der Waals surface area (Å²) in [5, 5.41) is 10.1. The first kappa shape index (κ1) is 15.0. The van der Waals surface area contributed by atoms with Crippen molar-refractivity contribution in [2.75, 3.05) is 31.7 Å². The molecule has 0 spiro atoms. The van der Waals surface area contributed by atoms with E-state index in [-0.39, 0.29) is 5.69 Å². The van der Waals surface area contributed by atoms with Gasteiger partial charge in [0.15, 0.2) is 5.69 Å². The number of ether oxygens (including phenoxy) is 1. The number of pyridine rings is 1. The highest BCUT2D eigenvalue weighted by Crippen LogP contribution is 2.26. The zero-order valence-corrected chi connectivity index (χ0v) is 12.0. The van der Waals surface area contributed by atoms with Crippen LogP contribution in [0.1, 0.15) is 10.5 Å². The summed E-state index contributed by atoms with van der Waals surface area (Å²) in [7, 11) is 1.64. The van der Waals surface area contributed by atoms with Gasteiger partial charge >= 0.3 is 5.97 Å². The molecule has 0 aliphatic rings. The fourth-order valence-corrected chi connectivity index (χ4v) is 2.20. The van der Waals surface area contributed by atoms with Crippen LogP contribution in [0.3, 0.4) is 0 Å². The normalized spacial score (nSPS) is 10.5. The number of benzene rings is 1. The lowest BCUT2D eigenvalue weighted by Gasteiger charge is -2.24. The van der Waals surface area contributed by atoms with E-state index in [9.17, 15) is 9.90 Å². The Hall–Kier alpha value is -2.40. The molecule has 110 valence electrons. The van der Waals surface area contributed by atoms with Gasteiger partial charge in [-0.3, -0.25) is 0 Å².